The van der Waals surface area contributed by atoms with Gasteiger partial charge < -0.3 is 10.5 Å². The van der Waals surface area contributed by atoms with Crippen LogP contribution in [-0.4, -0.2) is 42.6 Å². The lowest BCUT2D eigenvalue weighted by Crippen LogP contribution is -2.53. The first-order valence-electron chi connectivity index (χ1n) is 5.91. The van der Waals surface area contributed by atoms with Gasteiger partial charge in [-0.25, -0.2) is 0 Å². The molecule has 0 aromatic heterocycles. The third-order valence-corrected chi connectivity index (χ3v) is 3.49. The lowest BCUT2D eigenvalue weighted by molar-refractivity contribution is -0.120. The zero-order valence-electron chi connectivity index (χ0n) is 9.15. The van der Waals surface area contributed by atoms with Gasteiger partial charge in [0.15, 0.2) is 0 Å². The fourth-order valence-electron chi connectivity index (χ4n) is 2.71. The minimum Gasteiger partial charge on any atom is -0.375 e. The quantitative estimate of drug-likeness (QED) is 0.741. The molecular formula is C11H20N2O2. The molecule has 86 valence electrons. The van der Waals surface area contributed by atoms with E-state index >= 15 is 0 Å². The van der Waals surface area contributed by atoms with Crippen molar-refractivity contribution in [3.63, 3.8) is 0 Å². The van der Waals surface area contributed by atoms with Crippen LogP contribution in [0, 0.1) is 0 Å². The second-order valence-corrected chi connectivity index (χ2v) is 4.51. The van der Waals surface area contributed by atoms with Gasteiger partial charge in [-0.15, -0.1) is 0 Å². The number of carbonyl (C=O) groups is 1. The molecular weight excluding hydrogens is 192 g/mol. The van der Waals surface area contributed by atoms with E-state index in [1.807, 2.05) is 0 Å². The number of amides is 1. The van der Waals surface area contributed by atoms with Crippen LogP contribution in [0.25, 0.3) is 0 Å². The molecule has 1 saturated heterocycles. The van der Waals surface area contributed by atoms with Gasteiger partial charge in [0, 0.05) is 25.6 Å². The van der Waals surface area contributed by atoms with Gasteiger partial charge in [0.25, 0.3) is 0 Å². The largest absolute Gasteiger partial charge is 0.375 e. The molecule has 2 unspecified atom stereocenters. The fraction of sp³-hybridized carbons (Fsp3) is 0.909. The van der Waals surface area contributed by atoms with E-state index in [1.165, 1.54) is 25.7 Å². The Hall–Kier alpha value is -0.610. The summed E-state index contributed by atoms with van der Waals surface area (Å²) in [5, 5.41) is 0. The standard InChI is InChI=1S/C11H20N2O2/c12-11(14)5-6-13-7-8-15-10-4-2-1-3-9(10)13/h9-10H,1-8H2,(H2,12,14). The number of rotatable bonds is 3. The van der Waals surface area contributed by atoms with Crippen molar-refractivity contribution in [3.8, 4) is 0 Å². The Morgan fingerprint density at radius 3 is 3.00 bits per heavy atom. The van der Waals surface area contributed by atoms with E-state index in [4.69, 9.17) is 10.5 Å². The van der Waals surface area contributed by atoms with Gasteiger partial charge in [-0.05, 0) is 12.8 Å². The Bertz CT molecular complexity index is 231. The highest BCUT2D eigenvalue weighted by Crippen LogP contribution is 2.28. The molecule has 0 bridgehead atoms. The predicted molar refractivity (Wildman–Crippen MR) is 57.4 cm³/mol. The molecule has 1 saturated carbocycles. The topological polar surface area (TPSA) is 55.6 Å². The smallest absolute Gasteiger partial charge is 0.218 e. The average Bonchev–Trinajstić information content (AvgIpc) is 2.26. The molecule has 1 amide bonds. The van der Waals surface area contributed by atoms with E-state index in [-0.39, 0.29) is 5.91 Å². The van der Waals surface area contributed by atoms with E-state index in [2.05, 4.69) is 4.90 Å². The second kappa shape index (κ2) is 4.94. The molecule has 2 N–H and O–H groups in total. The summed E-state index contributed by atoms with van der Waals surface area (Å²) in [6.45, 7) is 2.56. The van der Waals surface area contributed by atoms with Gasteiger partial charge in [0.05, 0.1) is 12.7 Å². The predicted octanol–water partition coefficient (Wildman–Crippen LogP) is 0.505. The highest BCUT2D eigenvalue weighted by molar-refractivity contribution is 5.73. The molecule has 1 heterocycles. The second-order valence-electron chi connectivity index (χ2n) is 4.51. The van der Waals surface area contributed by atoms with Crippen molar-refractivity contribution in [3.05, 3.63) is 0 Å². The number of hydrogen-bond acceptors (Lipinski definition) is 3. The molecule has 1 aliphatic carbocycles. The first kappa shape index (κ1) is 10.9. The molecule has 4 heteroatoms. The van der Waals surface area contributed by atoms with Crippen LogP contribution in [0.2, 0.25) is 0 Å². The minimum absolute atomic E-state index is 0.200. The maximum Gasteiger partial charge on any atom is 0.218 e. The van der Waals surface area contributed by atoms with Crippen LogP contribution in [0.5, 0.6) is 0 Å². The van der Waals surface area contributed by atoms with Crippen LogP contribution < -0.4 is 5.73 Å². The van der Waals surface area contributed by atoms with Gasteiger partial charge in [-0.2, -0.15) is 0 Å². The summed E-state index contributed by atoms with van der Waals surface area (Å²) in [4.78, 5) is 13.2. The van der Waals surface area contributed by atoms with Crippen molar-refractivity contribution in [2.75, 3.05) is 19.7 Å². The summed E-state index contributed by atoms with van der Waals surface area (Å²) in [7, 11) is 0. The van der Waals surface area contributed by atoms with E-state index in [0.29, 0.717) is 18.6 Å². The van der Waals surface area contributed by atoms with Crippen LogP contribution in [0.15, 0.2) is 0 Å². The molecule has 2 fully saturated rings. The number of hydrogen-bond donors (Lipinski definition) is 1. The number of nitrogens with two attached hydrogens (primary N) is 1. The highest BCUT2D eigenvalue weighted by atomic mass is 16.5. The first-order chi connectivity index (χ1) is 7.27. The maximum absolute atomic E-state index is 10.8. The molecule has 4 nitrogen and oxygen atoms in total. The van der Waals surface area contributed by atoms with Gasteiger partial charge in [0.1, 0.15) is 0 Å². The summed E-state index contributed by atoms with van der Waals surface area (Å²) < 4.78 is 5.76. The summed E-state index contributed by atoms with van der Waals surface area (Å²) in [6, 6.07) is 0.534. The van der Waals surface area contributed by atoms with E-state index in [1.54, 1.807) is 0 Å². The Balaban J connectivity index is 1.88. The molecule has 0 radical (unpaired) electrons. The molecule has 0 aromatic rings. The summed E-state index contributed by atoms with van der Waals surface area (Å²) in [6.07, 6.45) is 5.84. The number of fused-ring (bicyclic) bond motifs is 1. The maximum atomic E-state index is 10.8. The molecule has 2 rings (SSSR count). The Morgan fingerprint density at radius 1 is 1.40 bits per heavy atom. The third-order valence-electron chi connectivity index (χ3n) is 3.49. The van der Waals surface area contributed by atoms with Gasteiger partial charge in [0.2, 0.25) is 5.91 Å². The van der Waals surface area contributed by atoms with Crippen LogP contribution in [0.1, 0.15) is 32.1 Å². The Kier molecular flexibility index (Phi) is 3.59. The fourth-order valence-corrected chi connectivity index (χ4v) is 2.71. The number of nitrogens with zero attached hydrogens (tertiary/aromatic N) is 1. The molecule has 1 aliphatic heterocycles. The van der Waals surface area contributed by atoms with Crippen LogP contribution >= 0.6 is 0 Å². The Labute approximate surface area is 90.8 Å². The molecule has 15 heavy (non-hydrogen) atoms. The van der Waals surface area contributed by atoms with Crippen molar-refractivity contribution in [2.45, 2.75) is 44.2 Å². The van der Waals surface area contributed by atoms with Crippen LogP contribution in [-0.2, 0) is 9.53 Å². The summed E-state index contributed by atoms with van der Waals surface area (Å²) >= 11 is 0. The summed E-state index contributed by atoms with van der Waals surface area (Å²) in [5.74, 6) is -0.200. The average molecular weight is 212 g/mol. The number of primary amides is 1. The molecule has 0 aromatic carbocycles. The Morgan fingerprint density at radius 2 is 2.20 bits per heavy atom. The molecule has 0 spiro atoms. The van der Waals surface area contributed by atoms with Gasteiger partial charge >= 0.3 is 0 Å². The van der Waals surface area contributed by atoms with Crippen molar-refractivity contribution >= 4 is 5.91 Å². The summed E-state index contributed by atoms with van der Waals surface area (Å²) in [5.41, 5.74) is 5.18. The molecule has 2 atom stereocenters. The van der Waals surface area contributed by atoms with Crippen molar-refractivity contribution in [1.29, 1.82) is 0 Å². The molecule has 2 aliphatic rings. The lowest BCUT2D eigenvalue weighted by atomic mass is 9.90. The lowest BCUT2D eigenvalue weighted by Gasteiger charge is -2.43. The van der Waals surface area contributed by atoms with E-state index in [0.717, 1.165) is 19.7 Å². The van der Waals surface area contributed by atoms with E-state index in [9.17, 15) is 4.79 Å². The van der Waals surface area contributed by atoms with Gasteiger partial charge in [-0.3, -0.25) is 9.69 Å². The normalized spacial score (nSPS) is 32.3. The third kappa shape index (κ3) is 2.69. The SMILES string of the molecule is NC(=O)CCN1CCOC2CCCCC21. The minimum atomic E-state index is -0.200. The number of morpholine rings is 1. The zero-order chi connectivity index (χ0) is 10.7. The van der Waals surface area contributed by atoms with Crippen molar-refractivity contribution in [2.24, 2.45) is 5.73 Å². The first-order valence-corrected chi connectivity index (χ1v) is 5.91. The zero-order valence-corrected chi connectivity index (χ0v) is 9.15. The van der Waals surface area contributed by atoms with E-state index < -0.39 is 0 Å². The number of carbonyl (C=O) groups excluding carboxylic acids is 1. The monoisotopic (exact) mass is 212 g/mol. The van der Waals surface area contributed by atoms with Crippen molar-refractivity contribution < 1.29 is 9.53 Å². The highest BCUT2D eigenvalue weighted by Gasteiger charge is 2.33. The van der Waals surface area contributed by atoms with Crippen LogP contribution in [0.4, 0.5) is 0 Å². The van der Waals surface area contributed by atoms with Crippen LogP contribution in [0.3, 0.4) is 0 Å². The number of ether oxygens (including phenoxy) is 1. The van der Waals surface area contributed by atoms with Crippen molar-refractivity contribution in [1.82, 2.24) is 4.90 Å². The van der Waals surface area contributed by atoms with Gasteiger partial charge in [-0.1, -0.05) is 12.8 Å².